The molecule has 10 heteroatoms. The Hall–Kier alpha value is -2.20. The van der Waals surface area contributed by atoms with Crippen molar-refractivity contribution in [1.29, 1.82) is 0 Å². The van der Waals surface area contributed by atoms with E-state index in [0.29, 0.717) is 6.42 Å². The van der Waals surface area contributed by atoms with E-state index in [1.807, 2.05) is 38.3 Å². The molecule has 1 heterocycles. The predicted molar refractivity (Wildman–Crippen MR) is 125 cm³/mol. The van der Waals surface area contributed by atoms with Gasteiger partial charge in [0.05, 0.1) is 5.75 Å². The van der Waals surface area contributed by atoms with Crippen molar-refractivity contribution in [3.8, 4) is 0 Å². The van der Waals surface area contributed by atoms with Gasteiger partial charge in [-0.2, -0.15) is 11.8 Å². The van der Waals surface area contributed by atoms with Crippen molar-refractivity contribution in [2.45, 2.75) is 57.9 Å². The summed E-state index contributed by atoms with van der Waals surface area (Å²) in [5.74, 6) is 1.05. The van der Waals surface area contributed by atoms with Crippen molar-refractivity contribution in [2.24, 2.45) is 0 Å². The van der Waals surface area contributed by atoms with E-state index >= 15 is 0 Å². The highest BCUT2D eigenvalue weighted by Gasteiger charge is 2.24. The van der Waals surface area contributed by atoms with Gasteiger partial charge in [0.15, 0.2) is 0 Å². The average Bonchev–Trinajstić information content (AvgIpc) is 3.14. The molecular formula is C21H30N4O4S2. The Labute approximate surface area is 191 Å². The van der Waals surface area contributed by atoms with Gasteiger partial charge in [0.2, 0.25) is 11.8 Å². The molecule has 1 aromatic heterocycles. The Morgan fingerprint density at radius 3 is 2.48 bits per heavy atom. The van der Waals surface area contributed by atoms with E-state index in [0.717, 1.165) is 34.3 Å². The van der Waals surface area contributed by atoms with Crippen molar-refractivity contribution in [2.75, 3.05) is 23.1 Å². The monoisotopic (exact) mass is 466 g/mol. The molecule has 0 aliphatic carbocycles. The third-order valence-corrected chi connectivity index (χ3v) is 5.56. The van der Waals surface area contributed by atoms with Gasteiger partial charge in [-0.3, -0.25) is 4.79 Å². The number of rotatable bonds is 9. The van der Waals surface area contributed by atoms with E-state index in [4.69, 9.17) is 9.15 Å². The summed E-state index contributed by atoms with van der Waals surface area (Å²) in [6, 6.07) is 5.39. The van der Waals surface area contributed by atoms with Gasteiger partial charge in [-0.05, 0) is 64.2 Å². The van der Waals surface area contributed by atoms with Crippen LogP contribution in [0.5, 0.6) is 0 Å². The quantitative estimate of drug-likeness (QED) is 0.511. The molecule has 2 rings (SSSR count). The number of thioether (sulfide) groups is 2. The van der Waals surface area contributed by atoms with Crippen LogP contribution in [-0.2, 0) is 9.53 Å². The number of aryl methyl sites for hydroxylation is 2. The molecule has 170 valence electrons. The molecule has 0 saturated heterocycles. The normalized spacial score (nSPS) is 12.3. The number of ether oxygens (including phenoxy) is 1. The third kappa shape index (κ3) is 8.45. The third-order valence-electron chi connectivity index (χ3n) is 4.09. The molecule has 1 aromatic carbocycles. The fourth-order valence-electron chi connectivity index (χ4n) is 2.68. The standard InChI is InChI=1S/C21H30N4O4S2/c1-13-8-7-9-14(2)17(13)23-16(26)12-31-20-25-24-18(28-20)15(10-11-30-6)22-19(27)29-21(3,4)5/h7-9,15H,10-12H2,1-6H3,(H,22,27)(H,23,26)/t15-/m0/s1. The van der Waals surface area contributed by atoms with E-state index in [2.05, 4.69) is 20.8 Å². The zero-order valence-corrected chi connectivity index (χ0v) is 20.4. The van der Waals surface area contributed by atoms with Gasteiger partial charge in [-0.15, -0.1) is 10.2 Å². The lowest BCUT2D eigenvalue weighted by atomic mass is 10.1. The molecule has 0 radical (unpaired) electrons. The second kappa shape index (κ2) is 11.4. The molecule has 8 nitrogen and oxygen atoms in total. The molecule has 1 atom stereocenters. The van der Waals surface area contributed by atoms with Gasteiger partial charge < -0.3 is 19.8 Å². The van der Waals surface area contributed by atoms with Crippen LogP contribution in [0, 0.1) is 13.8 Å². The second-order valence-corrected chi connectivity index (χ2v) is 9.90. The van der Waals surface area contributed by atoms with Gasteiger partial charge >= 0.3 is 6.09 Å². The maximum Gasteiger partial charge on any atom is 0.408 e. The van der Waals surface area contributed by atoms with Crippen molar-refractivity contribution >= 4 is 41.2 Å². The number of alkyl carbamates (subject to hydrolysis) is 1. The van der Waals surface area contributed by atoms with Crippen molar-refractivity contribution in [3.05, 3.63) is 35.2 Å². The molecule has 0 aliphatic rings. The van der Waals surface area contributed by atoms with E-state index in [1.54, 1.807) is 32.5 Å². The highest BCUT2D eigenvalue weighted by molar-refractivity contribution is 7.99. The van der Waals surface area contributed by atoms with E-state index in [-0.39, 0.29) is 22.8 Å². The number of para-hydroxylation sites is 1. The molecule has 0 bridgehead atoms. The number of hydrogen-bond acceptors (Lipinski definition) is 8. The SMILES string of the molecule is CSCC[C@H](NC(=O)OC(C)(C)C)c1nnc(SCC(=O)Nc2c(C)cccc2C)o1. The van der Waals surface area contributed by atoms with Crippen molar-refractivity contribution in [1.82, 2.24) is 15.5 Å². The lowest BCUT2D eigenvalue weighted by Crippen LogP contribution is -2.35. The minimum absolute atomic E-state index is 0.129. The number of anilines is 1. The van der Waals surface area contributed by atoms with Crippen LogP contribution in [0.15, 0.2) is 27.8 Å². The van der Waals surface area contributed by atoms with Gasteiger partial charge in [-0.25, -0.2) is 4.79 Å². The first kappa shape index (κ1) is 25.1. The summed E-state index contributed by atoms with van der Waals surface area (Å²) in [5.41, 5.74) is 2.22. The maximum absolute atomic E-state index is 12.4. The summed E-state index contributed by atoms with van der Waals surface area (Å²) < 4.78 is 11.0. The summed E-state index contributed by atoms with van der Waals surface area (Å²) in [5, 5.41) is 14.1. The Kier molecular flexibility index (Phi) is 9.24. The Morgan fingerprint density at radius 2 is 1.87 bits per heavy atom. The Balaban J connectivity index is 1.97. The van der Waals surface area contributed by atoms with Gasteiger partial charge in [-0.1, -0.05) is 30.0 Å². The Bertz CT molecular complexity index is 875. The van der Waals surface area contributed by atoms with Crippen molar-refractivity contribution < 1.29 is 18.7 Å². The summed E-state index contributed by atoms with van der Waals surface area (Å²) in [6.45, 7) is 9.30. The van der Waals surface area contributed by atoms with Crippen LogP contribution in [-0.4, -0.2) is 45.6 Å². The number of nitrogens with one attached hydrogen (secondary N) is 2. The maximum atomic E-state index is 12.4. The predicted octanol–water partition coefficient (Wildman–Crippen LogP) is 4.74. The minimum atomic E-state index is -0.604. The van der Waals surface area contributed by atoms with Crippen LogP contribution < -0.4 is 10.6 Å². The fraction of sp³-hybridized carbons (Fsp3) is 0.524. The smallest absolute Gasteiger partial charge is 0.408 e. The molecule has 2 aromatic rings. The summed E-state index contributed by atoms with van der Waals surface area (Å²) >= 11 is 2.80. The zero-order valence-electron chi connectivity index (χ0n) is 18.8. The number of carbonyl (C=O) groups excluding carboxylic acids is 2. The van der Waals surface area contributed by atoms with Crippen LogP contribution in [0.4, 0.5) is 10.5 Å². The summed E-state index contributed by atoms with van der Waals surface area (Å²) in [7, 11) is 0. The fourth-order valence-corrected chi connectivity index (χ4v) is 3.72. The topological polar surface area (TPSA) is 106 Å². The van der Waals surface area contributed by atoms with Crippen LogP contribution in [0.2, 0.25) is 0 Å². The first-order chi connectivity index (χ1) is 14.6. The molecule has 2 amide bonds. The van der Waals surface area contributed by atoms with Crippen molar-refractivity contribution in [3.63, 3.8) is 0 Å². The lowest BCUT2D eigenvalue weighted by Gasteiger charge is -2.22. The molecule has 31 heavy (non-hydrogen) atoms. The number of nitrogens with zero attached hydrogens (tertiary/aromatic N) is 2. The summed E-state index contributed by atoms with van der Waals surface area (Å²) in [4.78, 5) is 24.5. The molecule has 0 saturated carbocycles. The first-order valence-electron chi connectivity index (χ1n) is 9.89. The number of hydrogen-bond donors (Lipinski definition) is 2. The van der Waals surface area contributed by atoms with E-state index in [1.165, 1.54) is 0 Å². The molecular weight excluding hydrogens is 436 g/mol. The van der Waals surface area contributed by atoms with Crippen LogP contribution in [0.25, 0.3) is 0 Å². The molecule has 0 aliphatic heterocycles. The number of amides is 2. The highest BCUT2D eigenvalue weighted by Crippen LogP contribution is 2.24. The molecule has 0 unspecified atom stereocenters. The highest BCUT2D eigenvalue weighted by atomic mass is 32.2. The number of carbonyl (C=O) groups is 2. The number of benzene rings is 1. The van der Waals surface area contributed by atoms with E-state index < -0.39 is 17.7 Å². The van der Waals surface area contributed by atoms with Crippen LogP contribution >= 0.6 is 23.5 Å². The number of aromatic nitrogens is 2. The average molecular weight is 467 g/mol. The largest absolute Gasteiger partial charge is 0.444 e. The molecule has 0 spiro atoms. The second-order valence-electron chi connectivity index (χ2n) is 7.99. The zero-order chi connectivity index (χ0) is 23.0. The minimum Gasteiger partial charge on any atom is -0.444 e. The van der Waals surface area contributed by atoms with Crippen LogP contribution in [0.3, 0.4) is 0 Å². The first-order valence-corrected chi connectivity index (χ1v) is 12.3. The van der Waals surface area contributed by atoms with E-state index in [9.17, 15) is 9.59 Å². The van der Waals surface area contributed by atoms with Gasteiger partial charge in [0.1, 0.15) is 11.6 Å². The summed E-state index contributed by atoms with van der Waals surface area (Å²) in [6.07, 6.45) is 2.05. The lowest BCUT2D eigenvalue weighted by molar-refractivity contribution is -0.113. The van der Waals surface area contributed by atoms with Crippen LogP contribution in [0.1, 0.15) is 50.3 Å². The van der Waals surface area contributed by atoms with Gasteiger partial charge in [0, 0.05) is 5.69 Å². The Morgan fingerprint density at radius 1 is 1.19 bits per heavy atom. The molecule has 0 fully saturated rings. The van der Waals surface area contributed by atoms with Gasteiger partial charge in [0.25, 0.3) is 5.22 Å². The molecule has 2 N–H and O–H groups in total.